The van der Waals surface area contributed by atoms with Crippen LogP contribution in [0.4, 0.5) is 0 Å². The molecule has 1 atom stereocenters. The summed E-state index contributed by atoms with van der Waals surface area (Å²) in [6, 6.07) is 0.372. The molecule has 1 aliphatic heterocycles. The van der Waals surface area contributed by atoms with Crippen molar-refractivity contribution < 1.29 is 8.42 Å². The first-order valence-electron chi connectivity index (χ1n) is 5.80. The summed E-state index contributed by atoms with van der Waals surface area (Å²) in [5, 5.41) is 0. The largest absolute Gasteiger partial charge is 0.298 e. The summed E-state index contributed by atoms with van der Waals surface area (Å²) in [6.07, 6.45) is 2.23. The summed E-state index contributed by atoms with van der Waals surface area (Å²) >= 11 is 5.85. The van der Waals surface area contributed by atoms with E-state index in [1.807, 2.05) is 0 Å². The van der Waals surface area contributed by atoms with Gasteiger partial charge in [0.05, 0.1) is 10.5 Å². The molecule has 0 aliphatic carbocycles. The van der Waals surface area contributed by atoms with Crippen molar-refractivity contribution in [3.05, 3.63) is 0 Å². The number of hydrogen-bond donors (Lipinski definition) is 0. The van der Waals surface area contributed by atoms with Gasteiger partial charge < -0.3 is 0 Å². The van der Waals surface area contributed by atoms with Crippen LogP contribution in [0.3, 0.4) is 0 Å². The molecule has 0 amide bonds. The van der Waals surface area contributed by atoms with Crippen LogP contribution in [-0.4, -0.2) is 48.8 Å². The van der Waals surface area contributed by atoms with Crippen molar-refractivity contribution in [3.8, 4) is 0 Å². The Morgan fingerprint density at radius 2 is 2.00 bits per heavy atom. The fourth-order valence-corrected chi connectivity index (χ4v) is 3.34. The van der Waals surface area contributed by atoms with Crippen LogP contribution in [0.1, 0.15) is 33.6 Å². The van der Waals surface area contributed by atoms with E-state index >= 15 is 0 Å². The maximum Gasteiger partial charge on any atom is 0.156 e. The second-order valence-electron chi connectivity index (χ2n) is 5.42. The Hall–Kier alpha value is 0.200. The molecular formula is C11H22ClNO2S. The van der Waals surface area contributed by atoms with Crippen LogP contribution in [0, 0.1) is 0 Å². The van der Waals surface area contributed by atoms with Gasteiger partial charge in [-0.25, -0.2) is 8.42 Å². The fraction of sp³-hybridized carbons (Fsp3) is 1.00. The van der Waals surface area contributed by atoms with Crippen LogP contribution >= 0.6 is 11.6 Å². The van der Waals surface area contributed by atoms with Gasteiger partial charge in [-0.2, -0.15) is 0 Å². The Labute approximate surface area is 104 Å². The lowest BCUT2D eigenvalue weighted by atomic mass is 10.2. The molecule has 0 saturated carbocycles. The molecule has 0 aromatic rings. The third-order valence-electron chi connectivity index (χ3n) is 3.26. The number of nitrogens with zero attached hydrogens (tertiary/aromatic N) is 1. The van der Waals surface area contributed by atoms with Gasteiger partial charge in [-0.1, -0.05) is 0 Å². The van der Waals surface area contributed by atoms with Crippen molar-refractivity contribution in [2.45, 2.75) is 44.4 Å². The van der Waals surface area contributed by atoms with Crippen molar-refractivity contribution in [2.75, 3.05) is 24.7 Å². The zero-order valence-electron chi connectivity index (χ0n) is 10.4. The predicted molar refractivity (Wildman–Crippen MR) is 68.9 cm³/mol. The number of rotatable bonds is 4. The first-order chi connectivity index (χ1) is 7.28. The van der Waals surface area contributed by atoms with E-state index < -0.39 is 14.6 Å². The molecule has 0 radical (unpaired) electrons. The molecule has 0 bridgehead atoms. The van der Waals surface area contributed by atoms with Crippen LogP contribution < -0.4 is 0 Å². The Balaban J connectivity index is 2.52. The smallest absolute Gasteiger partial charge is 0.156 e. The van der Waals surface area contributed by atoms with Crippen molar-refractivity contribution in [2.24, 2.45) is 0 Å². The lowest BCUT2D eigenvalue weighted by Crippen LogP contribution is -2.39. The van der Waals surface area contributed by atoms with Gasteiger partial charge in [-0.15, -0.1) is 11.6 Å². The predicted octanol–water partition coefficient (Wildman–Crippen LogP) is 1.90. The molecule has 0 aromatic heterocycles. The second-order valence-corrected chi connectivity index (χ2v) is 8.59. The third kappa shape index (κ3) is 3.34. The van der Waals surface area contributed by atoms with Crippen LogP contribution in [0.2, 0.25) is 0 Å². The summed E-state index contributed by atoms with van der Waals surface area (Å²) in [5.74, 6) is 0.847. The van der Waals surface area contributed by atoms with Gasteiger partial charge in [-0.3, -0.25) is 4.90 Å². The average molecular weight is 268 g/mol. The third-order valence-corrected chi connectivity index (χ3v) is 6.20. The molecule has 96 valence electrons. The fourth-order valence-electron chi connectivity index (χ4n) is 1.91. The van der Waals surface area contributed by atoms with E-state index in [2.05, 4.69) is 4.90 Å². The highest BCUT2D eigenvalue weighted by Gasteiger charge is 2.31. The number of sulfone groups is 1. The monoisotopic (exact) mass is 267 g/mol. The number of halogens is 1. The van der Waals surface area contributed by atoms with Crippen molar-refractivity contribution in [1.82, 2.24) is 4.90 Å². The molecule has 16 heavy (non-hydrogen) atoms. The van der Waals surface area contributed by atoms with Gasteiger partial charge in [0.2, 0.25) is 0 Å². The summed E-state index contributed by atoms with van der Waals surface area (Å²) in [6.45, 7) is 6.87. The Kier molecular flexibility index (Phi) is 4.66. The van der Waals surface area contributed by atoms with Gasteiger partial charge in [0.1, 0.15) is 0 Å². The normalized spacial score (nSPS) is 23.9. The molecule has 0 N–H and O–H groups in total. The Morgan fingerprint density at radius 1 is 1.38 bits per heavy atom. The molecule has 1 fully saturated rings. The van der Waals surface area contributed by atoms with Crippen LogP contribution in [-0.2, 0) is 9.84 Å². The summed E-state index contributed by atoms with van der Waals surface area (Å²) < 4.78 is 23.2. The highest BCUT2D eigenvalue weighted by atomic mass is 35.5. The van der Waals surface area contributed by atoms with Gasteiger partial charge in [0, 0.05) is 18.5 Å². The maximum absolute atomic E-state index is 11.9. The van der Waals surface area contributed by atoms with Gasteiger partial charge >= 0.3 is 0 Å². The molecule has 1 saturated heterocycles. The standard InChI is InChI=1S/C11H22ClNO2S/c1-11(2,3)16(14,15)8-7-13-6-4-5-10(13)9-12/h10H,4-9H2,1-3H3. The quantitative estimate of drug-likeness (QED) is 0.730. The topological polar surface area (TPSA) is 37.4 Å². The lowest BCUT2D eigenvalue weighted by Gasteiger charge is -2.25. The van der Waals surface area contributed by atoms with E-state index in [1.54, 1.807) is 20.8 Å². The molecule has 3 nitrogen and oxygen atoms in total. The average Bonchev–Trinajstić information content (AvgIpc) is 2.60. The van der Waals surface area contributed by atoms with E-state index in [-0.39, 0.29) is 5.75 Å². The number of likely N-dealkylation sites (tertiary alicyclic amines) is 1. The van der Waals surface area contributed by atoms with Gasteiger partial charge in [-0.05, 0) is 40.2 Å². The highest BCUT2D eigenvalue weighted by molar-refractivity contribution is 7.92. The minimum atomic E-state index is -3.00. The van der Waals surface area contributed by atoms with Gasteiger partial charge in [0.15, 0.2) is 9.84 Å². The molecule has 0 spiro atoms. The molecule has 1 aliphatic rings. The molecule has 0 aromatic carbocycles. The van der Waals surface area contributed by atoms with Crippen LogP contribution in [0.5, 0.6) is 0 Å². The van der Waals surface area contributed by atoms with Crippen molar-refractivity contribution in [3.63, 3.8) is 0 Å². The molecule has 5 heteroatoms. The summed E-state index contributed by atoms with van der Waals surface area (Å²) in [5.41, 5.74) is 0. The summed E-state index contributed by atoms with van der Waals surface area (Å²) in [7, 11) is -3.00. The lowest BCUT2D eigenvalue weighted by molar-refractivity contribution is 0.286. The van der Waals surface area contributed by atoms with E-state index in [1.165, 1.54) is 0 Å². The Bertz CT molecular complexity index is 321. The van der Waals surface area contributed by atoms with E-state index in [0.29, 0.717) is 18.5 Å². The molecule has 1 heterocycles. The second kappa shape index (κ2) is 5.23. The highest BCUT2D eigenvalue weighted by Crippen LogP contribution is 2.20. The number of hydrogen-bond acceptors (Lipinski definition) is 3. The first kappa shape index (κ1) is 14.3. The van der Waals surface area contributed by atoms with E-state index in [9.17, 15) is 8.42 Å². The van der Waals surface area contributed by atoms with Crippen molar-refractivity contribution >= 4 is 21.4 Å². The van der Waals surface area contributed by atoms with E-state index in [4.69, 9.17) is 11.6 Å². The molecular weight excluding hydrogens is 246 g/mol. The minimum Gasteiger partial charge on any atom is -0.298 e. The minimum absolute atomic E-state index is 0.240. The SMILES string of the molecule is CC(C)(C)S(=O)(=O)CCN1CCCC1CCl. The van der Waals surface area contributed by atoms with E-state index in [0.717, 1.165) is 19.4 Å². The van der Waals surface area contributed by atoms with Crippen LogP contribution in [0.25, 0.3) is 0 Å². The number of alkyl halides is 1. The van der Waals surface area contributed by atoms with Gasteiger partial charge in [0.25, 0.3) is 0 Å². The summed E-state index contributed by atoms with van der Waals surface area (Å²) in [4.78, 5) is 2.20. The first-order valence-corrected chi connectivity index (χ1v) is 7.99. The zero-order chi connectivity index (χ0) is 12.4. The Morgan fingerprint density at radius 3 is 2.50 bits per heavy atom. The zero-order valence-corrected chi connectivity index (χ0v) is 11.9. The maximum atomic E-state index is 11.9. The van der Waals surface area contributed by atoms with Crippen LogP contribution in [0.15, 0.2) is 0 Å². The molecule has 1 unspecified atom stereocenters. The van der Waals surface area contributed by atoms with Crippen molar-refractivity contribution in [1.29, 1.82) is 0 Å². The molecule has 1 rings (SSSR count).